The number of ether oxygens (including phenoxy) is 1. The Labute approximate surface area is 198 Å². The number of rotatable bonds is 7. The summed E-state index contributed by atoms with van der Waals surface area (Å²) in [6, 6.07) is 10.5. The molecule has 3 aromatic rings. The van der Waals surface area contributed by atoms with E-state index < -0.39 is 0 Å². The number of carbonyl (C=O) groups excluding carboxylic acids is 1. The van der Waals surface area contributed by atoms with Crippen molar-refractivity contribution >= 4 is 17.7 Å². The number of esters is 1. The molecule has 4 rings (SSSR count). The van der Waals surface area contributed by atoms with E-state index in [1.54, 1.807) is 30.2 Å². The Hall–Kier alpha value is -2.93. The van der Waals surface area contributed by atoms with Crippen LogP contribution in [-0.4, -0.2) is 27.6 Å². The molecule has 172 valence electrons. The Bertz CT molecular complexity index is 1140. The highest BCUT2D eigenvalue weighted by molar-refractivity contribution is 7.98. The van der Waals surface area contributed by atoms with E-state index in [9.17, 15) is 9.59 Å². The molecular weight excluding hydrogens is 434 g/mol. The van der Waals surface area contributed by atoms with E-state index in [-0.39, 0.29) is 23.4 Å². The number of methoxy groups -OCH3 is 1. The first kappa shape index (κ1) is 23.2. The first-order valence-corrected chi connectivity index (χ1v) is 12.3. The maximum Gasteiger partial charge on any atom is 0.308 e. The van der Waals surface area contributed by atoms with Gasteiger partial charge in [0.05, 0.1) is 18.1 Å². The Balaban J connectivity index is 1.60. The first-order chi connectivity index (χ1) is 16.0. The summed E-state index contributed by atoms with van der Waals surface area (Å²) in [5.74, 6) is 0.644. The molecular formula is C26H29N3O3S. The highest BCUT2D eigenvalue weighted by Crippen LogP contribution is 2.36. The van der Waals surface area contributed by atoms with Crippen LogP contribution < -0.4 is 5.43 Å². The minimum atomic E-state index is -0.118. The van der Waals surface area contributed by atoms with Crippen molar-refractivity contribution in [2.24, 2.45) is 5.92 Å². The normalized spacial score (nSPS) is 18.1. The largest absolute Gasteiger partial charge is 0.469 e. The number of thioether (sulfide) groups is 1. The van der Waals surface area contributed by atoms with Crippen LogP contribution in [0.4, 0.5) is 0 Å². The Kier molecular flexibility index (Phi) is 7.60. The number of nitrogens with zero attached hydrogens (tertiary/aromatic N) is 3. The Morgan fingerprint density at radius 3 is 2.45 bits per heavy atom. The number of hydrogen-bond acceptors (Lipinski definition) is 6. The van der Waals surface area contributed by atoms with Gasteiger partial charge in [-0.05, 0) is 43.7 Å². The average Bonchev–Trinajstić information content (AvgIpc) is 2.85. The Morgan fingerprint density at radius 1 is 1.09 bits per heavy atom. The lowest BCUT2D eigenvalue weighted by molar-refractivity contribution is -0.146. The van der Waals surface area contributed by atoms with E-state index in [1.165, 1.54) is 24.6 Å². The fraction of sp³-hybridized carbons (Fsp3) is 0.385. The third kappa shape index (κ3) is 5.90. The molecule has 1 fully saturated rings. The third-order valence-corrected chi connectivity index (χ3v) is 7.36. The molecule has 1 aromatic carbocycles. The van der Waals surface area contributed by atoms with Crippen molar-refractivity contribution in [3.63, 3.8) is 0 Å². The summed E-state index contributed by atoms with van der Waals surface area (Å²) < 4.78 is 7.21. The quantitative estimate of drug-likeness (QED) is 0.372. The van der Waals surface area contributed by atoms with Gasteiger partial charge in [0, 0.05) is 48.4 Å². The third-order valence-electron chi connectivity index (χ3n) is 6.26. The molecule has 6 nitrogen and oxygen atoms in total. The molecule has 0 N–H and O–H groups in total. The van der Waals surface area contributed by atoms with Gasteiger partial charge in [0.25, 0.3) is 0 Å². The van der Waals surface area contributed by atoms with Gasteiger partial charge in [-0.1, -0.05) is 29.8 Å². The predicted octanol–water partition coefficient (Wildman–Crippen LogP) is 4.73. The van der Waals surface area contributed by atoms with E-state index >= 15 is 0 Å². The molecule has 0 aliphatic heterocycles. The van der Waals surface area contributed by atoms with Gasteiger partial charge in [0.1, 0.15) is 6.33 Å². The van der Waals surface area contributed by atoms with Crippen LogP contribution in [0.25, 0.3) is 0 Å². The summed E-state index contributed by atoms with van der Waals surface area (Å²) >= 11 is 1.69. The average molecular weight is 464 g/mol. The van der Waals surface area contributed by atoms with Gasteiger partial charge in [-0.3, -0.25) is 9.59 Å². The molecule has 0 atom stereocenters. The van der Waals surface area contributed by atoms with E-state index in [0.717, 1.165) is 47.6 Å². The van der Waals surface area contributed by atoms with E-state index in [0.29, 0.717) is 6.42 Å². The van der Waals surface area contributed by atoms with Gasteiger partial charge in [-0.25, -0.2) is 9.97 Å². The van der Waals surface area contributed by atoms with Crippen LogP contribution in [0.15, 0.2) is 65.1 Å². The molecule has 7 heteroatoms. The van der Waals surface area contributed by atoms with Crippen LogP contribution in [-0.2, 0) is 21.7 Å². The number of carbonyl (C=O) groups is 1. The molecule has 0 saturated heterocycles. The van der Waals surface area contributed by atoms with E-state index in [1.807, 2.05) is 6.20 Å². The van der Waals surface area contributed by atoms with Crippen molar-refractivity contribution in [1.82, 2.24) is 14.5 Å². The lowest BCUT2D eigenvalue weighted by atomic mass is 9.86. The molecule has 1 aliphatic rings. The molecule has 0 radical (unpaired) electrons. The van der Waals surface area contributed by atoms with Gasteiger partial charge in [-0.15, -0.1) is 11.8 Å². The smallest absolute Gasteiger partial charge is 0.308 e. The predicted molar refractivity (Wildman–Crippen MR) is 129 cm³/mol. The summed E-state index contributed by atoms with van der Waals surface area (Å²) in [7, 11) is 1.45. The fourth-order valence-corrected chi connectivity index (χ4v) is 5.40. The minimum absolute atomic E-state index is 0.0322. The summed E-state index contributed by atoms with van der Waals surface area (Å²) in [6.45, 7) is 2.08. The highest BCUT2D eigenvalue weighted by Gasteiger charge is 2.28. The monoisotopic (exact) mass is 463 g/mol. The van der Waals surface area contributed by atoms with Crippen LogP contribution in [0.5, 0.6) is 0 Å². The molecule has 0 spiro atoms. The SMILES string of the molecule is COC(=O)C1CCC(n2cc(Cc3cncnc3)c(=O)cc2SCc2ccc(C)cc2)CC1. The molecule has 0 bridgehead atoms. The zero-order chi connectivity index (χ0) is 23.2. The highest BCUT2D eigenvalue weighted by atomic mass is 32.2. The van der Waals surface area contributed by atoms with Gasteiger partial charge in [0.2, 0.25) is 0 Å². The molecule has 1 aliphatic carbocycles. The molecule has 1 saturated carbocycles. The van der Waals surface area contributed by atoms with Crippen molar-refractivity contribution < 1.29 is 9.53 Å². The van der Waals surface area contributed by atoms with E-state index in [4.69, 9.17) is 4.74 Å². The fourth-order valence-electron chi connectivity index (χ4n) is 4.35. The maximum absolute atomic E-state index is 13.0. The molecule has 2 heterocycles. The van der Waals surface area contributed by atoms with Crippen molar-refractivity contribution in [1.29, 1.82) is 0 Å². The minimum Gasteiger partial charge on any atom is -0.469 e. The van der Waals surface area contributed by atoms with Gasteiger partial charge < -0.3 is 9.30 Å². The van der Waals surface area contributed by atoms with Crippen LogP contribution in [0.1, 0.15) is 54.0 Å². The zero-order valence-electron chi connectivity index (χ0n) is 19.1. The number of pyridine rings is 1. The van der Waals surface area contributed by atoms with Crippen LogP contribution >= 0.6 is 11.8 Å². The van der Waals surface area contributed by atoms with Crippen molar-refractivity contribution in [2.45, 2.75) is 55.8 Å². The Morgan fingerprint density at radius 2 is 1.79 bits per heavy atom. The van der Waals surface area contributed by atoms with Crippen LogP contribution in [0.2, 0.25) is 0 Å². The summed E-state index contributed by atoms with van der Waals surface area (Å²) in [5.41, 5.74) is 4.14. The summed E-state index contributed by atoms with van der Waals surface area (Å²) in [5, 5.41) is 0.968. The number of benzene rings is 1. The standard InChI is InChI=1S/C26H29N3O3S/c1-18-3-5-19(6-4-18)16-33-25-12-24(30)22(11-20-13-27-17-28-14-20)15-29(25)23-9-7-21(8-10-23)26(31)32-2/h3-6,12-15,17,21,23H,7-11,16H2,1-2H3. The van der Waals surface area contributed by atoms with Crippen molar-refractivity contribution in [2.75, 3.05) is 7.11 Å². The summed E-state index contributed by atoms with van der Waals surface area (Å²) in [4.78, 5) is 33.1. The van der Waals surface area contributed by atoms with Crippen molar-refractivity contribution in [3.05, 3.63) is 87.7 Å². The van der Waals surface area contributed by atoms with Crippen LogP contribution in [0, 0.1) is 12.8 Å². The first-order valence-electron chi connectivity index (χ1n) is 11.3. The van der Waals surface area contributed by atoms with Crippen molar-refractivity contribution in [3.8, 4) is 0 Å². The second-order valence-electron chi connectivity index (χ2n) is 8.63. The second-order valence-corrected chi connectivity index (χ2v) is 9.63. The van der Waals surface area contributed by atoms with Crippen LogP contribution in [0.3, 0.4) is 0 Å². The zero-order valence-corrected chi connectivity index (χ0v) is 19.9. The number of aryl methyl sites for hydroxylation is 1. The molecule has 33 heavy (non-hydrogen) atoms. The molecule has 0 amide bonds. The lowest BCUT2D eigenvalue weighted by Crippen LogP contribution is -2.26. The number of aromatic nitrogens is 3. The van der Waals surface area contributed by atoms with Gasteiger partial charge in [0.15, 0.2) is 5.43 Å². The summed E-state index contributed by atoms with van der Waals surface area (Å²) in [6.07, 6.45) is 10.9. The second kappa shape index (κ2) is 10.8. The molecule has 0 unspecified atom stereocenters. The van der Waals surface area contributed by atoms with Gasteiger partial charge in [-0.2, -0.15) is 0 Å². The molecule has 2 aromatic heterocycles. The lowest BCUT2D eigenvalue weighted by Gasteiger charge is -2.31. The van der Waals surface area contributed by atoms with Gasteiger partial charge >= 0.3 is 5.97 Å². The number of hydrogen-bond donors (Lipinski definition) is 0. The van der Waals surface area contributed by atoms with E-state index in [2.05, 4.69) is 45.7 Å². The topological polar surface area (TPSA) is 74.1 Å². The maximum atomic E-state index is 13.0.